The first-order valence-corrected chi connectivity index (χ1v) is 7.59. The molecule has 1 nitrogen and oxygen atoms in total. The molecule has 2 aliphatic carbocycles. The van der Waals surface area contributed by atoms with Gasteiger partial charge in [-0.3, -0.25) is 0 Å². The molecule has 1 aromatic heterocycles. The zero-order valence-corrected chi connectivity index (χ0v) is 13.2. The van der Waals surface area contributed by atoms with Crippen molar-refractivity contribution in [3.63, 3.8) is 0 Å². The average Bonchev–Trinajstić information content (AvgIpc) is 2.66. The van der Waals surface area contributed by atoms with Gasteiger partial charge in [0.25, 0.3) is 0 Å². The van der Waals surface area contributed by atoms with Crippen LogP contribution in [0.4, 0.5) is 0 Å². The van der Waals surface area contributed by atoms with E-state index in [4.69, 9.17) is 0 Å². The minimum Gasteiger partial charge on any atom is -0.198 e. The topological polar surface area (TPSA) is 3.88 Å². The highest BCUT2D eigenvalue weighted by atomic mass is 15.0. The second kappa shape index (κ2) is 5.33. The minimum absolute atomic E-state index is 0.494. The number of aryl methyl sites for hydroxylation is 2. The number of hydrogen-bond acceptors (Lipinski definition) is 0. The van der Waals surface area contributed by atoms with Crippen LogP contribution in [0.25, 0.3) is 22.3 Å². The van der Waals surface area contributed by atoms with Crippen LogP contribution in [0.2, 0.25) is 0 Å². The summed E-state index contributed by atoms with van der Waals surface area (Å²) in [5.41, 5.74) is 7.88. The van der Waals surface area contributed by atoms with Crippen molar-refractivity contribution in [2.24, 2.45) is 0 Å². The number of fused-ring (bicyclic) bond motifs is 1. The molecule has 0 bridgehead atoms. The molecule has 3 rings (SSSR count). The van der Waals surface area contributed by atoms with Gasteiger partial charge >= 0.3 is 0 Å². The number of pyridine rings is 1. The molecule has 0 amide bonds. The molecule has 1 aromatic rings. The molecule has 0 aliphatic heterocycles. The van der Waals surface area contributed by atoms with Crippen molar-refractivity contribution in [2.75, 3.05) is 0 Å². The Kier molecular flexibility index (Phi) is 3.50. The molecule has 0 unspecified atom stereocenters. The van der Waals surface area contributed by atoms with Gasteiger partial charge in [0.15, 0.2) is 17.4 Å². The lowest BCUT2D eigenvalue weighted by atomic mass is 10.0. The maximum Gasteiger partial charge on any atom is 0.179 e. The lowest BCUT2D eigenvalue weighted by Gasteiger charge is -2.10. The number of hydrogen-bond donors (Lipinski definition) is 0. The first-order valence-electron chi connectivity index (χ1n) is 7.59. The number of nitrogens with zero attached hydrogens (tertiary/aromatic N) is 1. The first-order chi connectivity index (χ1) is 10.1. The third kappa shape index (κ3) is 2.44. The van der Waals surface area contributed by atoms with Crippen molar-refractivity contribution in [3.05, 3.63) is 66.0 Å². The first kappa shape index (κ1) is 13.8. The van der Waals surface area contributed by atoms with E-state index in [1.807, 2.05) is 0 Å². The molecule has 0 saturated carbocycles. The standard InChI is InChI=1S/C20H22N/c1-14(2)21-15(3)12-18(13-16(21)4)20-11-10-17-8-6-5-7-9-19(17)20/h5-14H,1-4H3/q+1. The van der Waals surface area contributed by atoms with Gasteiger partial charge in [0.05, 0.1) is 0 Å². The van der Waals surface area contributed by atoms with E-state index in [1.54, 1.807) is 0 Å². The van der Waals surface area contributed by atoms with E-state index in [2.05, 4.69) is 86.9 Å². The fourth-order valence-electron chi connectivity index (χ4n) is 3.35. The van der Waals surface area contributed by atoms with E-state index in [0.29, 0.717) is 6.04 Å². The van der Waals surface area contributed by atoms with Crippen molar-refractivity contribution in [1.29, 1.82) is 0 Å². The lowest BCUT2D eigenvalue weighted by molar-refractivity contribution is -0.727. The monoisotopic (exact) mass is 276 g/mol. The van der Waals surface area contributed by atoms with Crippen molar-refractivity contribution >= 4 is 0 Å². The summed E-state index contributed by atoms with van der Waals surface area (Å²) in [6.45, 7) is 8.86. The van der Waals surface area contributed by atoms with Crippen molar-refractivity contribution in [2.45, 2.75) is 33.7 Å². The van der Waals surface area contributed by atoms with E-state index in [-0.39, 0.29) is 0 Å². The number of aromatic nitrogens is 1. The Morgan fingerprint density at radius 2 is 1.33 bits per heavy atom. The maximum absolute atomic E-state index is 2.38. The van der Waals surface area contributed by atoms with Crippen LogP contribution in [0.15, 0.2) is 54.6 Å². The molecular formula is C20H22N+. The Bertz CT molecular complexity index is 732. The van der Waals surface area contributed by atoms with Crippen LogP contribution in [0, 0.1) is 13.8 Å². The summed E-state index contributed by atoms with van der Waals surface area (Å²) < 4.78 is 2.38. The number of rotatable bonds is 2. The molecule has 1 heterocycles. The van der Waals surface area contributed by atoms with E-state index in [0.717, 1.165) is 0 Å². The van der Waals surface area contributed by atoms with Gasteiger partial charge in [-0.05, 0) is 36.1 Å². The van der Waals surface area contributed by atoms with Gasteiger partial charge in [-0.25, -0.2) is 0 Å². The quantitative estimate of drug-likeness (QED) is 0.583. The van der Waals surface area contributed by atoms with Gasteiger partial charge in [0, 0.05) is 26.0 Å². The SMILES string of the molecule is Cc1cc(-c2ccc3cccccc2-3)cc(C)[n+]1C(C)C. The molecule has 2 aliphatic rings. The van der Waals surface area contributed by atoms with Gasteiger partial charge in [-0.15, -0.1) is 0 Å². The molecule has 0 radical (unpaired) electrons. The van der Waals surface area contributed by atoms with Crippen LogP contribution in [0.5, 0.6) is 0 Å². The van der Waals surface area contributed by atoms with Crippen LogP contribution >= 0.6 is 0 Å². The normalized spacial score (nSPS) is 11.3. The summed E-state index contributed by atoms with van der Waals surface area (Å²) in [7, 11) is 0. The van der Waals surface area contributed by atoms with Crippen LogP contribution in [0.3, 0.4) is 0 Å². The third-order valence-corrected chi connectivity index (χ3v) is 4.11. The van der Waals surface area contributed by atoms with Gasteiger partial charge in [0.1, 0.15) is 0 Å². The summed E-state index contributed by atoms with van der Waals surface area (Å²) in [6, 6.07) is 20.2. The zero-order valence-electron chi connectivity index (χ0n) is 13.2. The minimum atomic E-state index is 0.494. The van der Waals surface area contributed by atoms with Gasteiger partial charge in [-0.2, -0.15) is 4.57 Å². The summed E-state index contributed by atoms with van der Waals surface area (Å²) in [5, 5.41) is 0. The highest BCUT2D eigenvalue weighted by Gasteiger charge is 2.18. The van der Waals surface area contributed by atoms with Crippen LogP contribution in [-0.2, 0) is 0 Å². The van der Waals surface area contributed by atoms with E-state index in [9.17, 15) is 0 Å². The average molecular weight is 276 g/mol. The summed E-state index contributed by atoms with van der Waals surface area (Å²) >= 11 is 0. The molecule has 0 N–H and O–H groups in total. The molecule has 106 valence electrons. The van der Waals surface area contributed by atoms with Crippen molar-refractivity contribution in [1.82, 2.24) is 0 Å². The Labute approximate surface area is 127 Å². The van der Waals surface area contributed by atoms with E-state index < -0.39 is 0 Å². The predicted molar refractivity (Wildman–Crippen MR) is 88.6 cm³/mol. The van der Waals surface area contributed by atoms with Gasteiger partial charge in [-0.1, -0.05) is 42.5 Å². The third-order valence-electron chi connectivity index (χ3n) is 4.11. The lowest BCUT2D eigenvalue weighted by Crippen LogP contribution is -2.42. The summed E-state index contributed by atoms with van der Waals surface area (Å²) in [6.07, 6.45) is 0. The molecular weight excluding hydrogens is 254 g/mol. The molecule has 0 aromatic carbocycles. The Morgan fingerprint density at radius 1 is 0.714 bits per heavy atom. The van der Waals surface area contributed by atoms with Crippen molar-refractivity contribution in [3.8, 4) is 22.3 Å². The Hall–Kier alpha value is -2.15. The Balaban J connectivity index is 2.17. The van der Waals surface area contributed by atoms with E-state index >= 15 is 0 Å². The molecule has 0 spiro atoms. The fraction of sp³-hybridized carbons (Fsp3) is 0.250. The van der Waals surface area contributed by atoms with Crippen LogP contribution in [0.1, 0.15) is 31.3 Å². The molecule has 21 heavy (non-hydrogen) atoms. The highest BCUT2D eigenvalue weighted by molar-refractivity contribution is 5.86. The van der Waals surface area contributed by atoms with Gasteiger partial charge < -0.3 is 0 Å². The Morgan fingerprint density at radius 3 is 2.00 bits per heavy atom. The molecule has 0 saturated heterocycles. The van der Waals surface area contributed by atoms with E-state index in [1.165, 1.54) is 33.6 Å². The van der Waals surface area contributed by atoms with Crippen molar-refractivity contribution < 1.29 is 4.57 Å². The second-order valence-corrected chi connectivity index (χ2v) is 6.02. The molecule has 0 fully saturated rings. The smallest absolute Gasteiger partial charge is 0.179 e. The molecule has 1 heteroatoms. The van der Waals surface area contributed by atoms with Gasteiger partial charge in [0.2, 0.25) is 0 Å². The summed E-state index contributed by atoms with van der Waals surface area (Å²) in [4.78, 5) is 0. The highest BCUT2D eigenvalue weighted by Crippen LogP contribution is 2.35. The molecule has 0 atom stereocenters. The summed E-state index contributed by atoms with van der Waals surface area (Å²) in [5.74, 6) is 0. The second-order valence-electron chi connectivity index (χ2n) is 6.02. The fourth-order valence-corrected chi connectivity index (χ4v) is 3.35. The maximum atomic E-state index is 2.38. The predicted octanol–water partition coefficient (Wildman–Crippen LogP) is 4.94. The zero-order chi connectivity index (χ0) is 15.0. The largest absolute Gasteiger partial charge is 0.198 e. The van der Waals surface area contributed by atoms with Crippen LogP contribution in [-0.4, -0.2) is 0 Å². The van der Waals surface area contributed by atoms with Crippen LogP contribution < -0.4 is 4.57 Å².